The molecule has 0 unspecified atom stereocenters. The van der Waals surface area contributed by atoms with E-state index in [1.54, 1.807) is 11.3 Å². The van der Waals surface area contributed by atoms with Crippen molar-refractivity contribution >= 4 is 16.5 Å². The second kappa shape index (κ2) is 5.50. The predicted molar refractivity (Wildman–Crippen MR) is 73.7 cm³/mol. The minimum atomic E-state index is 0.00802. The maximum atomic E-state index is 8.89. The highest BCUT2D eigenvalue weighted by atomic mass is 32.1. The van der Waals surface area contributed by atoms with Gasteiger partial charge in [-0.05, 0) is 13.8 Å². The van der Waals surface area contributed by atoms with Crippen LogP contribution in [0.1, 0.15) is 45.2 Å². The van der Waals surface area contributed by atoms with E-state index in [1.165, 1.54) is 0 Å². The summed E-state index contributed by atoms with van der Waals surface area (Å²) in [4.78, 5) is 8.09. The maximum absolute atomic E-state index is 8.89. The van der Waals surface area contributed by atoms with Gasteiger partial charge in [0, 0.05) is 23.4 Å². The lowest BCUT2D eigenvalue weighted by atomic mass is 9.91. The van der Waals surface area contributed by atoms with E-state index in [1.807, 2.05) is 0 Å². The molecule has 0 bridgehead atoms. The molecule has 17 heavy (non-hydrogen) atoms. The fraction of sp³-hybridized carbons (Fsp3) is 0.692. The summed E-state index contributed by atoms with van der Waals surface area (Å²) in [6, 6.07) is 2.24. The zero-order chi connectivity index (χ0) is 13.1. The number of anilines is 1. The highest BCUT2D eigenvalue weighted by molar-refractivity contribution is 7.15. The smallest absolute Gasteiger partial charge is 0.185 e. The van der Waals surface area contributed by atoms with E-state index in [0.29, 0.717) is 6.42 Å². The van der Waals surface area contributed by atoms with Gasteiger partial charge >= 0.3 is 0 Å². The lowest BCUT2D eigenvalue weighted by molar-refractivity contribution is 0.567. The molecule has 1 rings (SSSR count). The summed E-state index contributed by atoms with van der Waals surface area (Å²) in [5.74, 6) is 0. The third kappa shape index (κ3) is 3.19. The van der Waals surface area contributed by atoms with Gasteiger partial charge in [0.1, 0.15) is 0 Å². The second-order valence-electron chi connectivity index (χ2n) is 5.03. The molecule has 4 heteroatoms. The van der Waals surface area contributed by atoms with Crippen LogP contribution < -0.4 is 4.90 Å². The van der Waals surface area contributed by atoms with Crippen LogP contribution in [0.15, 0.2) is 0 Å². The van der Waals surface area contributed by atoms with E-state index >= 15 is 0 Å². The molecular formula is C13H21N3S. The number of hydrogen-bond donors (Lipinski definition) is 0. The van der Waals surface area contributed by atoms with Gasteiger partial charge in [-0.1, -0.05) is 20.8 Å². The molecule has 0 radical (unpaired) electrons. The minimum absolute atomic E-state index is 0.00802. The Morgan fingerprint density at radius 3 is 2.29 bits per heavy atom. The van der Waals surface area contributed by atoms with E-state index < -0.39 is 0 Å². The summed E-state index contributed by atoms with van der Waals surface area (Å²) in [6.07, 6.45) is 0.464. The summed E-state index contributed by atoms with van der Waals surface area (Å²) in [5.41, 5.74) is 1.08. The number of thiazole rings is 1. The molecule has 0 aliphatic heterocycles. The Balaban J connectivity index is 3.17. The normalized spacial score (nSPS) is 11.3. The Hall–Kier alpha value is -1.08. The van der Waals surface area contributed by atoms with Crippen LogP contribution in [-0.4, -0.2) is 18.1 Å². The molecule has 1 aromatic heterocycles. The molecule has 0 amide bonds. The molecule has 0 aliphatic carbocycles. The Kier molecular flexibility index (Phi) is 4.53. The van der Waals surface area contributed by atoms with Gasteiger partial charge in [0.15, 0.2) is 5.13 Å². The number of nitriles is 1. The van der Waals surface area contributed by atoms with Crippen molar-refractivity contribution in [3.63, 3.8) is 0 Å². The van der Waals surface area contributed by atoms with E-state index in [0.717, 1.165) is 28.8 Å². The molecule has 0 aliphatic rings. The van der Waals surface area contributed by atoms with Crippen molar-refractivity contribution in [2.75, 3.05) is 18.0 Å². The van der Waals surface area contributed by atoms with Gasteiger partial charge in [0.25, 0.3) is 0 Å². The number of aromatic nitrogens is 1. The highest BCUT2D eigenvalue weighted by Gasteiger charge is 2.24. The number of rotatable bonds is 4. The first-order valence-electron chi connectivity index (χ1n) is 6.06. The van der Waals surface area contributed by atoms with Crippen molar-refractivity contribution in [1.82, 2.24) is 4.98 Å². The minimum Gasteiger partial charge on any atom is -0.349 e. The topological polar surface area (TPSA) is 39.9 Å². The molecule has 1 heterocycles. The molecular weight excluding hydrogens is 230 g/mol. The second-order valence-corrected chi connectivity index (χ2v) is 6.09. The molecule has 0 saturated heterocycles. The van der Waals surface area contributed by atoms with Crippen LogP contribution in [0.3, 0.4) is 0 Å². The average Bonchev–Trinajstić information content (AvgIpc) is 2.64. The van der Waals surface area contributed by atoms with Crippen molar-refractivity contribution in [3.8, 4) is 6.07 Å². The van der Waals surface area contributed by atoms with Crippen molar-refractivity contribution in [2.24, 2.45) is 0 Å². The number of hydrogen-bond acceptors (Lipinski definition) is 4. The van der Waals surface area contributed by atoms with Gasteiger partial charge in [0.2, 0.25) is 0 Å². The van der Waals surface area contributed by atoms with Gasteiger partial charge in [-0.15, -0.1) is 11.3 Å². The monoisotopic (exact) mass is 251 g/mol. The standard InChI is InChI=1S/C13H21N3S/c1-6-16(7-2)12-15-11(13(3,4)5)10(17-12)8-9-14/h6-8H2,1-5H3. The van der Waals surface area contributed by atoms with Crippen LogP contribution in [0.2, 0.25) is 0 Å². The summed E-state index contributed by atoms with van der Waals surface area (Å²) < 4.78 is 0. The van der Waals surface area contributed by atoms with Crippen LogP contribution in [0.4, 0.5) is 5.13 Å². The van der Waals surface area contributed by atoms with Gasteiger partial charge in [0.05, 0.1) is 18.2 Å². The largest absolute Gasteiger partial charge is 0.349 e. The van der Waals surface area contributed by atoms with E-state index in [-0.39, 0.29) is 5.41 Å². The fourth-order valence-electron chi connectivity index (χ4n) is 1.75. The van der Waals surface area contributed by atoms with Crippen LogP contribution in [0.25, 0.3) is 0 Å². The Morgan fingerprint density at radius 1 is 1.29 bits per heavy atom. The van der Waals surface area contributed by atoms with Crippen molar-refractivity contribution in [3.05, 3.63) is 10.6 Å². The first kappa shape index (κ1) is 14.0. The molecule has 0 spiro atoms. The van der Waals surface area contributed by atoms with Gasteiger partial charge < -0.3 is 4.90 Å². The summed E-state index contributed by atoms with van der Waals surface area (Å²) in [6.45, 7) is 12.6. The van der Waals surface area contributed by atoms with Gasteiger partial charge in [-0.2, -0.15) is 5.26 Å². The fourth-order valence-corrected chi connectivity index (χ4v) is 3.08. The first-order chi connectivity index (χ1) is 7.93. The van der Waals surface area contributed by atoms with Crippen LogP contribution in [0, 0.1) is 11.3 Å². The zero-order valence-electron chi connectivity index (χ0n) is 11.4. The molecule has 3 nitrogen and oxygen atoms in total. The molecule has 1 aromatic rings. The Bertz CT molecular complexity index is 405. The van der Waals surface area contributed by atoms with E-state index in [9.17, 15) is 0 Å². The third-order valence-corrected chi connectivity index (χ3v) is 3.79. The van der Waals surface area contributed by atoms with Gasteiger partial charge in [-0.25, -0.2) is 4.98 Å². The lowest BCUT2D eigenvalue weighted by Gasteiger charge is -2.18. The van der Waals surface area contributed by atoms with Crippen LogP contribution in [0.5, 0.6) is 0 Å². The maximum Gasteiger partial charge on any atom is 0.185 e. The SMILES string of the molecule is CCN(CC)c1nc(C(C)(C)C)c(CC#N)s1. The molecule has 0 saturated carbocycles. The number of nitrogens with zero attached hydrogens (tertiary/aromatic N) is 3. The van der Waals surface area contributed by atoms with Crippen LogP contribution in [-0.2, 0) is 11.8 Å². The first-order valence-corrected chi connectivity index (χ1v) is 6.87. The molecule has 94 valence electrons. The van der Waals surface area contributed by atoms with Crippen molar-refractivity contribution in [1.29, 1.82) is 5.26 Å². The average molecular weight is 251 g/mol. The Morgan fingerprint density at radius 2 is 1.88 bits per heavy atom. The molecule has 0 fully saturated rings. The van der Waals surface area contributed by atoms with Crippen molar-refractivity contribution in [2.45, 2.75) is 46.5 Å². The molecule has 0 N–H and O–H groups in total. The van der Waals surface area contributed by atoms with E-state index in [4.69, 9.17) is 10.2 Å². The highest BCUT2D eigenvalue weighted by Crippen LogP contribution is 2.33. The molecule has 0 atom stereocenters. The molecule has 0 aromatic carbocycles. The zero-order valence-corrected chi connectivity index (χ0v) is 12.2. The third-order valence-electron chi connectivity index (χ3n) is 2.67. The predicted octanol–water partition coefficient (Wildman–Crippen LogP) is 3.35. The Labute approximate surface area is 108 Å². The summed E-state index contributed by atoms with van der Waals surface area (Å²) in [7, 11) is 0. The van der Waals surface area contributed by atoms with Crippen molar-refractivity contribution < 1.29 is 0 Å². The quantitative estimate of drug-likeness (QED) is 0.824. The van der Waals surface area contributed by atoms with E-state index in [2.05, 4.69) is 45.6 Å². The summed E-state index contributed by atoms with van der Waals surface area (Å²) >= 11 is 1.66. The summed E-state index contributed by atoms with van der Waals surface area (Å²) in [5, 5.41) is 9.93. The van der Waals surface area contributed by atoms with Crippen LogP contribution >= 0.6 is 11.3 Å². The van der Waals surface area contributed by atoms with Gasteiger partial charge in [-0.3, -0.25) is 0 Å². The lowest BCUT2D eigenvalue weighted by Crippen LogP contribution is -2.22.